The quantitative estimate of drug-likeness (QED) is 0.869. The van der Waals surface area contributed by atoms with Crippen molar-refractivity contribution in [1.82, 2.24) is 15.5 Å². The average Bonchev–Trinajstić information content (AvgIpc) is 2.73. The van der Waals surface area contributed by atoms with Gasteiger partial charge in [-0.1, -0.05) is 33.6 Å². The second kappa shape index (κ2) is 5.65. The minimum atomic E-state index is 0.0675. The van der Waals surface area contributed by atoms with Gasteiger partial charge in [-0.2, -0.15) is 5.10 Å². The van der Waals surface area contributed by atoms with Crippen molar-refractivity contribution in [1.29, 1.82) is 0 Å². The minimum Gasteiger partial charge on any atom is -0.308 e. The predicted molar refractivity (Wildman–Crippen MR) is 83.3 cm³/mol. The molecule has 1 aromatic heterocycles. The lowest BCUT2D eigenvalue weighted by molar-refractivity contribution is 0.424. The van der Waals surface area contributed by atoms with Crippen LogP contribution in [0.5, 0.6) is 0 Å². The molecule has 0 bridgehead atoms. The molecule has 1 heterocycles. The van der Waals surface area contributed by atoms with Crippen LogP contribution < -0.4 is 5.32 Å². The number of rotatable bonds is 3. The fraction of sp³-hybridized carbons (Fsp3) is 0.357. The summed E-state index contributed by atoms with van der Waals surface area (Å²) in [5.41, 5.74) is 3.11. The molecule has 0 spiro atoms. The van der Waals surface area contributed by atoms with Gasteiger partial charge >= 0.3 is 0 Å². The molecule has 1 aromatic carbocycles. The molecule has 0 aliphatic rings. The predicted octanol–water partition coefficient (Wildman–Crippen LogP) is 4.38. The van der Waals surface area contributed by atoms with Crippen LogP contribution in [-0.2, 0) is 6.54 Å². The van der Waals surface area contributed by atoms with Crippen molar-refractivity contribution in [3.63, 3.8) is 0 Å². The summed E-state index contributed by atoms with van der Waals surface area (Å²) in [5, 5.41) is 11.3. The van der Waals surface area contributed by atoms with Gasteiger partial charge in [-0.3, -0.25) is 5.10 Å². The van der Waals surface area contributed by atoms with Crippen molar-refractivity contribution in [3.05, 3.63) is 39.5 Å². The van der Waals surface area contributed by atoms with Gasteiger partial charge in [-0.25, -0.2) is 0 Å². The molecular weight excluding hydrogens is 326 g/mol. The maximum Gasteiger partial charge on any atom is 0.0710 e. The van der Waals surface area contributed by atoms with E-state index in [2.05, 4.69) is 52.2 Å². The summed E-state index contributed by atoms with van der Waals surface area (Å²) in [6, 6.07) is 5.85. The summed E-state index contributed by atoms with van der Waals surface area (Å²) in [4.78, 5) is 0. The number of nitrogens with zero attached hydrogens (tertiary/aromatic N) is 1. The molecule has 0 fully saturated rings. The van der Waals surface area contributed by atoms with Crippen LogP contribution in [0.1, 0.15) is 26.3 Å². The zero-order valence-corrected chi connectivity index (χ0v) is 13.6. The fourth-order valence-corrected chi connectivity index (χ4v) is 2.50. The number of halogens is 2. The molecular formula is C14H17BrClN3. The Hall–Kier alpha value is -0.840. The normalized spacial score (nSPS) is 11.8. The first-order chi connectivity index (χ1) is 8.87. The van der Waals surface area contributed by atoms with Gasteiger partial charge in [0.1, 0.15) is 0 Å². The monoisotopic (exact) mass is 341 g/mol. The molecule has 0 saturated carbocycles. The number of nitrogens with one attached hydrogen (secondary N) is 2. The lowest BCUT2D eigenvalue weighted by Gasteiger charge is -2.20. The van der Waals surface area contributed by atoms with Crippen molar-refractivity contribution in [2.75, 3.05) is 0 Å². The van der Waals surface area contributed by atoms with Crippen LogP contribution in [0.3, 0.4) is 0 Å². The van der Waals surface area contributed by atoms with E-state index in [1.165, 1.54) is 0 Å². The number of hydrogen-bond acceptors (Lipinski definition) is 2. The molecule has 0 amide bonds. The van der Waals surface area contributed by atoms with E-state index in [0.717, 1.165) is 27.8 Å². The molecule has 0 aliphatic carbocycles. The van der Waals surface area contributed by atoms with Crippen LogP contribution in [0.4, 0.5) is 0 Å². The van der Waals surface area contributed by atoms with Crippen molar-refractivity contribution >= 4 is 27.5 Å². The molecule has 0 radical (unpaired) electrons. The smallest absolute Gasteiger partial charge is 0.0710 e. The second-order valence-electron chi connectivity index (χ2n) is 5.50. The Bertz CT molecular complexity index is 572. The van der Waals surface area contributed by atoms with Gasteiger partial charge < -0.3 is 5.32 Å². The van der Waals surface area contributed by atoms with E-state index in [-0.39, 0.29) is 5.54 Å². The van der Waals surface area contributed by atoms with E-state index in [0.29, 0.717) is 5.02 Å². The Morgan fingerprint density at radius 3 is 2.74 bits per heavy atom. The molecule has 2 N–H and O–H groups in total. The molecule has 5 heteroatoms. The average molecular weight is 343 g/mol. The number of H-pyrrole nitrogens is 1. The van der Waals surface area contributed by atoms with E-state index in [1.807, 2.05) is 24.4 Å². The maximum atomic E-state index is 6.28. The molecule has 19 heavy (non-hydrogen) atoms. The third kappa shape index (κ3) is 3.81. The molecule has 2 rings (SSSR count). The molecule has 3 nitrogen and oxygen atoms in total. The highest BCUT2D eigenvalue weighted by atomic mass is 79.9. The highest BCUT2D eigenvalue weighted by Crippen LogP contribution is 2.31. The van der Waals surface area contributed by atoms with E-state index < -0.39 is 0 Å². The summed E-state index contributed by atoms with van der Waals surface area (Å²) in [6.45, 7) is 7.17. The lowest BCUT2D eigenvalue weighted by atomic mass is 10.1. The molecule has 0 saturated heterocycles. The zero-order chi connectivity index (χ0) is 14.0. The van der Waals surface area contributed by atoms with Crippen molar-refractivity contribution in [2.24, 2.45) is 0 Å². The standard InChI is InChI=1S/C14H17BrClN3/c1-14(2,3)17-7-9-8-18-19-13(9)11-5-4-10(15)6-12(11)16/h4-6,8,17H,7H2,1-3H3,(H,18,19). The van der Waals surface area contributed by atoms with E-state index in [9.17, 15) is 0 Å². The number of hydrogen-bond donors (Lipinski definition) is 2. The van der Waals surface area contributed by atoms with E-state index >= 15 is 0 Å². The topological polar surface area (TPSA) is 40.7 Å². The fourth-order valence-electron chi connectivity index (χ4n) is 1.73. The van der Waals surface area contributed by atoms with Gasteiger partial charge in [0.2, 0.25) is 0 Å². The molecule has 0 atom stereocenters. The Labute approximate surface area is 126 Å². The van der Waals surface area contributed by atoms with Gasteiger partial charge in [0.25, 0.3) is 0 Å². The third-order valence-corrected chi connectivity index (χ3v) is 3.53. The van der Waals surface area contributed by atoms with Gasteiger partial charge in [0, 0.05) is 27.7 Å². The van der Waals surface area contributed by atoms with Gasteiger partial charge in [-0.15, -0.1) is 0 Å². The summed E-state index contributed by atoms with van der Waals surface area (Å²) in [7, 11) is 0. The first kappa shape index (κ1) is 14.6. The Kier molecular flexibility index (Phi) is 4.33. The first-order valence-corrected chi connectivity index (χ1v) is 7.26. The lowest BCUT2D eigenvalue weighted by Crippen LogP contribution is -2.35. The maximum absolute atomic E-state index is 6.28. The number of aromatic amines is 1. The first-order valence-electron chi connectivity index (χ1n) is 6.09. The van der Waals surface area contributed by atoms with Crippen LogP contribution in [-0.4, -0.2) is 15.7 Å². The largest absolute Gasteiger partial charge is 0.308 e. The summed E-state index contributed by atoms with van der Waals surface area (Å²) in [6.07, 6.45) is 1.84. The van der Waals surface area contributed by atoms with Crippen molar-refractivity contribution in [3.8, 4) is 11.3 Å². The summed E-state index contributed by atoms with van der Waals surface area (Å²) < 4.78 is 0.968. The molecule has 102 valence electrons. The second-order valence-corrected chi connectivity index (χ2v) is 6.82. The highest BCUT2D eigenvalue weighted by Gasteiger charge is 2.14. The van der Waals surface area contributed by atoms with E-state index in [1.54, 1.807) is 0 Å². The van der Waals surface area contributed by atoms with Crippen LogP contribution >= 0.6 is 27.5 Å². The van der Waals surface area contributed by atoms with Crippen LogP contribution in [0, 0.1) is 0 Å². The third-order valence-electron chi connectivity index (χ3n) is 2.73. The number of aromatic nitrogens is 2. The molecule has 2 aromatic rings. The SMILES string of the molecule is CC(C)(C)NCc1cn[nH]c1-c1ccc(Br)cc1Cl. The Balaban J connectivity index is 2.28. The molecule has 0 unspecified atom stereocenters. The summed E-state index contributed by atoms with van der Waals surface area (Å²) >= 11 is 9.70. The van der Waals surface area contributed by atoms with Crippen molar-refractivity contribution < 1.29 is 0 Å². The highest BCUT2D eigenvalue weighted by molar-refractivity contribution is 9.10. The summed E-state index contributed by atoms with van der Waals surface area (Å²) in [5.74, 6) is 0. The number of benzene rings is 1. The van der Waals surface area contributed by atoms with Crippen LogP contribution in [0.15, 0.2) is 28.9 Å². The van der Waals surface area contributed by atoms with Gasteiger partial charge in [0.15, 0.2) is 0 Å². The van der Waals surface area contributed by atoms with Gasteiger partial charge in [-0.05, 0) is 32.9 Å². The minimum absolute atomic E-state index is 0.0675. The van der Waals surface area contributed by atoms with Gasteiger partial charge in [0.05, 0.1) is 16.9 Å². The van der Waals surface area contributed by atoms with Crippen LogP contribution in [0.2, 0.25) is 5.02 Å². The zero-order valence-electron chi connectivity index (χ0n) is 11.2. The Morgan fingerprint density at radius 2 is 2.11 bits per heavy atom. The van der Waals surface area contributed by atoms with E-state index in [4.69, 9.17) is 11.6 Å². The Morgan fingerprint density at radius 1 is 1.37 bits per heavy atom. The van der Waals surface area contributed by atoms with Crippen LogP contribution in [0.25, 0.3) is 11.3 Å². The van der Waals surface area contributed by atoms with Crippen molar-refractivity contribution in [2.45, 2.75) is 32.9 Å². The molecule has 0 aliphatic heterocycles.